The predicted octanol–water partition coefficient (Wildman–Crippen LogP) is 1.42. The maximum atomic E-state index is 10.4. The zero-order chi connectivity index (χ0) is 10.1. The Kier molecular flexibility index (Phi) is 7.69. The van der Waals surface area contributed by atoms with Crippen LogP contribution in [0, 0.1) is 0 Å². The van der Waals surface area contributed by atoms with Crippen molar-refractivity contribution < 1.29 is 4.79 Å². The van der Waals surface area contributed by atoms with E-state index in [9.17, 15) is 4.79 Å². The van der Waals surface area contributed by atoms with E-state index in [0.717, 1.165) is 19.4 Å². The molecule has 0 heterocycles. The van der Waals surface area contributed by atoms with Crippen LogP contribution in [0.2, 0.25) is 0 Å². The summed E-state index contributed by atoms with van der Waals surface area (Å²) in [6.07, 6.45) is 4.81. The van der Waals surface area contributed by atoms with Crippen LogP contribution in [0.1, 0.15) is 46.0 Å². The molecule has 1 amide bonds. The molecule has 0 bridgehead atoms. The summed E-state index contributed by atoms with van der Waals surface area (Å²) >= 11 is 0. The molecule has 78 valence electrons. The van der Waals surface area contributed by atoms with Gasteiger partial charge in [0.2, 0.25) is 5.91 Å². The highest BCUT2D eigenvalue weighted by atomic mass is 16.1. The van der Waals surface area contributed by atoms with Crippen molar-refractivity contribution in [1.29, 1.82) is 0 Å². The fourth-order valence-electron chi connectivity index (χ4n) is 1.31. The highest BCUT2D eigenvalue weighted by Crippen LogP contribution is 1.98. The molecule has 0 aliphatic carbocycles. The highest BCUT2D eigenvalue weighted by molar-refractivity contribution is 5.73. The molecule has 0 aromatic heterocycles. The van der Waals surface area contributed by atoms with Crippen molar-refractivity contribution in [3.05, 3.63) is 0 Å². The van der Waals surface area contributed by atoms with Crippen LogP contribution in [0.15, 0.2) is 0 Å². The molecule has 0 radical (unpaired) electrons. The average molecular weight is 186 g/mol. The monoisotopic (exact) mass is 186 g/mol. The molecule has 0 aromatic rings. The quantitative estimate of drug-likeness (QED) is 0.563. The van der Waals surface area contributed by atoms with E-state index in [0.29, 0.717) is 12.5 Å². The molecule has 13 heavy (non-hydrogen) atoms. The standard InChI is InChI=1S/C10H22N2O/c1-3-9(4-2)12-8-6-5-7-10(11)13/h9,12H,3-8H2,1-2H3,(H2,11,13). The molecular weight excluding hydrogens is 164 g/mol. The number of amides is 1. The van der Waals surface area contributed by atoms with Gasteiger partial charge in [-0.3, -0.25) is 4.79 Å². The Hall–Kier alpha value is -0.570. The third kappa shape index (κ3) is 7.78. The third-order valence-electron chi connectivity index (χ3n) is 2.27. The molecule has 0 aromatic carbocycles. The van der Waals surface area contributed by atoms with Crippen LogP contribution in [-0.4, -0.2) is 18.5 Å². The van der Waals surface area contributed by atoms with Crippen LogP contribution < -0.4 is 11.1 Å². The Balaban J connectivity index is 3.19. The first-order valence-corrected chi connectivity index (χ1v) is 5.22. The second kappa shape index (κ2) is 8.05. The average Bonchev–Trinajstić information content (AvgIpc) is 2.11. The van der Waals surface area contributed by atoms with Gasteiger partial charge in [0.1, 0.15) is 0 Å². The number of primary amides is 1. The molecule has 3 nitrogen and oxygen atoms in total. The minimum Gasteiger partial charge on any atom is -0.370 e. The van der Waals surface area contributed by atoms with Crippen LogP contribution in [0.3, 0.4) is 0 Å². The van der Waals surface area contributed by atoms with Gasteiger partial charge in [-0.25, -0.2) is 0 Å². The van der Waals surface area contributed by atoms with Crippen LogP contribution in [0.4, 0.5) is 0 Å². The number of hydrogen-bond donors (Lipinski definition) is 2. The predicted molar refractivity (Wildman–Crippen MR) is 55.4 cm³/mol. The lowest BCUT2D eigenvalue weighted by Crippen LogP contribution is -2.28. The van der Waals surface area contributed by atoms with E-state index in [-0.39, 0.29) is 5.91 Å². The summed E-state index contributed by atoms with van der Waals surface area (Å²) in [6.45, 7) is 5.37. The molecule has 0 aliphatic heterocycles. The largest absolute Gasteiger partial charge is 0.370 e. The molecule has 0 saturated heterocycles. The maximum Gasteiger partial charge on any atom is 0.217 e. The lowest BCUT2D eigenvalue weighted by molar-refractivity contribution is -0.118. The number of nitrogens with two attached hydrogens (primary N) is 1. The second-order valence-electron chi connectivity index (χ2n) is 3.39. The molecule has 0 aliphatic rings. The smallest absolute Gasteiger partial charge is 0.217 e. The Labute approximate surface area is 81.1 Å². The molecule has 0 rings (SSSR count). The zero-order valence-corrected chi connectivity index (χ0v) is 8.81. The highest BCUT2D eigenvalue weighted by Gasteiger charge is 2.00. The van der Waals surface area contributed by atoms with E-state index in [1.54, 1.807) is 0 Å². The van der Waals surface area contributed by atoms with Crippen molar-refractivity contribution in [3.8, 4) is 0 Å². The number of nitrogens with one attached hydrogen (secondary N) is 1. The number of hydrogen-bond acceptors (Lipinski definition) is 2. The van der Waals surface area contributed by atoms with E-state index >= 15 is 0 Å². The Morgan fingerprint density at radius 1 is 1.31 bits per heavy atom. The lowest BCUT2D eigenvalue weighted by Gasteiger charge is -2.13. The van der Waals surface area contributed by atoms with Gasteiger partial charge >= 0.3 is 0 Å². The summed E-state index contributed by atoms with van der Waals surface area (Å²) in [4.78, 5) is 10.4. The number of carbonyl (C=O) groups excluding carboxylic acids is 1. The van der Waals surface area contributed by atoms with Crippen LogP contribution in [-0.2, 0) is 4.79 Å². The van der Waals surface area contributed by atoms with Gasteiger partial charge in [0, 0.05) is 12.5 Å². The van der Waals surface area contributed by atoms with Crippen molar-refractivity contribution in [1.82, 2.24) is 5.32 Å². The van der Waals surface area contributed by atoms with Gasteiger partial charge in [-0.1, -0.05) is 13.8 Å². The van der Waals surface area contributed by atoms with Crippen LogP contribution in [0.25, 0.3) is 0 Å². The summed E-state index contributed by atoms with van der Waals surface area (Å²) < 4.78 is 0. The number of carbonyl (C=O) groups is 1. The van der Waals surface area contributed by atoms with Crippen molar-refractivity contribution in [2.75, 3.05) is 6.54 Å². The Morgan fingerprint density at radius 2 is 1.92 bits per heavy atom. The SMILES string of the molecule is CCC(CC)NCCCCC(N)=O. The van der Waals surface area contributed by atoms with Gasteiger partial charge < -0.3 is 11.1 Å². The number of rotatable bonds is 8. The summed E-state index contributed by atoms with van der Waals surface area (Å²) in [5, 5.41) is 3.44. The first kappa shape index (κ1) is 12.4. The van der Waals surface area contributed by atoms with E-state index < -0.39 is 0 Å². The molecule has 0 fully saturated rings. The first-order chi connectivity index (χ1) is 6.20. The number of unbranched alkanes of at least 4 members (excludes halogenated alkanes) is 1. The van der Waals surface area contributed by atoms with E-state index in [2.05, 4.69) is 19.2 Å². The molecule has 3 heteroatoms. The van der Waals surface area contributed by atoms with Gasteiger partial charge in [0.25, 0.3) is 0 Å². The summed E-state index contributed by atoms with van der Waals surface area (Å²) in [5.41, 5.74) is 5.03. The van der Waals surface area contributed by atoms with Crippen molar-refractivity contribution in [3.63, 3.8) is 0 Å². The molecule has 0 spiro atoms. The van der Waals surface area contributed by atoms with Gasteiger partial charge in [-0.2, -0.15) is 0 Å². The van der Waals surface area contributed by atoms with Crippen molar-refractivity contribution in [2.24, 2.45) is 5.73 Å². The van der Waals surface area contributed by atoms with Gasteiger partial charge in [0.15, 0.2) is 0 Å². The summed E-state index contributed by atoms with van der Waals surface area (Å²) in [7, 11) is 0. The summed E-state index contributed by atoms with van der Waals surface area (Å²) in [6, 6.07) is 0.633. The van der Waals surface area contributed by atoms with Gasteiger partial charge in [-0.05, 0) is 32.2 Å². The molecule has 0 atom stereocenters. The fraction of sp³-hybridized carbons (Fsp3) is 0.900. The molecule has 0 unspecified atom stereocenters. The van der Waals surface area contributed by atoms with Crippen LogP contribution >= 0.6 is 0 Å². The lowest BCUT2D eigenvalue weighted by atomic mass is 10.1. The van der Waals surface area contributed by atoms with E-state index in [4.69, 9.17) is 5.73 Å². The Morgan fingerprint density at radius 3 is 2.38 bits per heavy atom. The molecule has 0 saturated carbocycles. The molecule has 3 N–H and O–H groups in total. The minimum absolute atomic E-state index is 0.192. The fourth-order valence-corrected chi connectivity index (χ4v) is 1.31. The molecular formula is C10H22N2O. The third-order valence-corrected chi connectivity index (χ3v) is 2.27. The first-order valence-electron chi connectivity index (χ1n) is 5.22. The maximum absolute atomic E-state index is 10.4. The van der Waals surface area contributed by atoms with Gasteiger partial charge in [0.05, 0.1) is 0 Å². The second-order valence-corrected chi connectivity index (χ2v) is 3.39. The minimum atomic E-state index is -0.192. The Bertz CT molecular complexity index is 133. The van der Waals surface area contributed by atoms with E-state index in [1.165, 1.54) is 12.8 Å². The van der Waals surface area contributed by atoms with Crippen molar-refractivity contribution in [2.45, 2.75) is 52.0 Å². The van der Waals surface area contributed by atoms with Crippen molar-refractivity contribution >= 4 is 5.91 Å². The summed E-state index contributed by atoms with van der Waals surface area (Å²) in [5.74, 6) is -0.192. The zero-order valence-electron chi connectivity index (χ0n) is 8.81. The van der Waals surface area contributed by atoms with Crippen LogP contribution in [0.5, 0.6) is 0 Å². The normalized spacial score (nSPS) is 10.7. The topological polar surface area (TPSA) is 55.1 Å². The van der Waals surface area contributed by atoms with E-state index in [1.807, 2.05) is 0 Å². The van der Waals surface area contributed by atoms with Gasteiger partial charge in [-0.15, -0.1) is 0 Å².